The van der Waals surface area contributed by atoms with Crippen LogP contribution in [0.3, 0.4) is 0 Å². The third kappa shape index (κ3) is 2.79. The molecule has 0 aromatic carbocycles. The zero-order chi connectivity index (χ0) is 8.93. The van der Waals surface area contributed by atoms with E-state index in [1.54, 1.807) is 0 Å². The van der Waals surface area contributed by atoms with Gasteiger partial charge in [0.15, 0.2) is 0 Å². The van der Waals surface area contributed by atoms with Gasteiger partial charge in [0, 0.05) is 24.5 Å². The topological polar surface area (TPSA) is 15.3 Å². The molecule has 1 aromatic heterocycles. The molecule has 0 amide bonds. The first-order valence-electron chi connectivity index (χ1n) is 4.96. The van der Waals surface area contributed by atoms with Gasteiger partial charge in [-0.2, -0.15) is 0 Å². The van der Waals surface area contributed by atoms with Crippen LogP contribution in [0.15, 0.2) is 17.5 Å². The van der Waals surface area contributed by atoms with Gasteiger partial charge in [-0.1, -0.05) is 12.5 Å². The highest BCUT2D eigenvalue weighted by Gasteiger charge is 2.08. The fourth-order valence-electron chi connectivity index (χ4n) is 1.65. The molecule has 1 fully saturated rings. The number of hydrogen-bond donors (Lipinski definition) is 1. The highest BCUT2D eigenvalue weighted by atomic mass is 32.1. The van der Waals surface area contributed by atoms with Crippen molar-refractivity contribution in [2.24, 2.45) is 0 Å². The van der Waals surface area contributed by atoms with Gasteiger partial charge in [0.05, 0.1) is 0 Å². The van der Waals surface area contributed by atoms with E-state index in [0.29, 0.717) is 0 Å². The molecule has 72 valence electrons. The quantitative estimate of drug-likeness (QED) is 0.797. The molecule has 0 bridgehead atoms. The number of nitrogens with zero attached hydrogens (tertiary/aromatic N) is 1. The van der Waals surface area contributed by atoms with Crippen LogP contribution in [0.2, 0.25) is 0 Å². The van der Waals surface area contributed by atoms with E-state index in [4.69, 9.17) is 0 Å². The smallest absolute Gasteiger partial charge is 0.0447 e. The summed E-state index contributed by atoms with van der Waals surface area (Å²) in [4.78, 5) is 1.42. The van der Waals surface area contributed by atoms with Crippen LogP contribution < -0.4 is 5.43 Å². The Morgan fingerprint density at radius 2 is 2.15 bits per heavy atom. The summed E-state index contributed by atoms with van der Waals surface area (Å²) in [5.74, 6) is 0. The summed E-state index contributed by atoms with van der Waals surface area (Å²) in [5.41, 5.74) is 3.47. The van der Waals surface area contributed by atoms with Gasteiger partial charge < -0.3 is 0 Å². The first-order chi connectivity index (χ1) is 6.45. The lowest BCUT2D eigenvalue weighted by atomic mass is 10.2. The number of piperidine rings is 1. The summed E-state index contributed by atoms with van der Waals surface area (Å²) in [6, 6.07) is 4.29. The van der Waals surface area contributed by atoms with Crippen LogP contribution in [-0.2, 0) is 6.54 Å². The summed E-state index contributed by atoms with van der Waals surface area (Å²) in [6.07, 6.45) is 4.09. The fourth-order valence-corrected chi connectivity index (χ4v) is 2.29. The second-order valence-electron chi connectivity index (χ2n) is 3.46. The van der Waals surface area contributed by atoms with Gasteiger partial charge in [0.2, 0.25) is 0 Å². The minimum Gasteiger partial charge on any atom is -0.250 e. The first kappa shape index (κ1) is 9.19. The Kier molecular flexibility index (Phi) is 3.35. The maximum Gasteiger partial charge on any atom is 0.0447 e. The van der Waals surface area contributed by atoms with Crippen molar-refractivity contribution >= 4 is 11.3 Å². The van der Waals surface area contributed by atoms with Gasteiger partial charge in [0.1, 0.15) is 0 Å². The maximum absolute atomic E-state index is 3.47. The molecule has 0 aliphatic carbocycles. The summed E-state index contributed by atoms with van der Waals surface area (Å²) < 4.78 is 0. The molecule has 1 aromatic rings. The molecule has 2 nitrogen and oxygen atoms in total. The first-order valence-corrected chi connectivity index (χ1v) is 5.84. The Balaban J connectivity index is 1.72. The molecule has 13 heavy (non-hydrogen) atoms. The van der Waals surface area contributed by atoms with Gasteiger partial charge in [-0.15, -0.1) is 11.3 Å². The second kappa shape index (κ2) is 4.74. The van der Waals surface area contributed by atoms with Gasteiger partial charge >= 0.3 is 0 Å². The number of hydrogen-bond acceptors (Lipinski definition) is 3. The van der Waals surface area contributed by atoms with Gasteiger partial charge in [-0.3, -0.25) is 0 Å². The lowest BCUT2D eigenvalue weighted by Gasteiger charge is -2.26. The number of nitrogens with one attached hydrogen (secondary N) is 1. The Bertz CT molecular complexity index is 227. The van der Waals surface area contributed by atoms with Crippen LogP contribution in [0.1, 0.15) is 24.1 Å². The highest BCUT2D eigenvalue weighted by molar-refractivity contribution is 7.09. The lowest BCUT2D eigenvalue weighted by molar-refractivity contribution is 0.152. The minimum absolute atomic E-state index is 0.998. The van der Waals surface area contributed by atoms with Crippen molar-refractivity contribution in [3.63, 3.8) is 0 Å². The van der Waals surface area contributed by atoms with Crippen LogP contribution in [0.4, 0.5) is 0 Å². The zero-order valence-corrected chi connectivity index (χ0v) is 8.65. The number of thiophene rings is 1. The Morgan fingerprint density at radius 3 is 2.85 bits per heavy atom. The number of rotatable bonds is 3. The van der Waals surface area contributed by atoms with E-state index in [1.165, 1.54) is 37.2 Å². The van der Waals surface area contributed by atoms with Crippen LogP contribution >= 0.6 is 11.3 Å². The molecule has 0 atom stereocenters. The Morgan fingerprint density at radius 1 is 1.31 bits per heavy atom. The minimum atomic E-state index is 0.998. The van der Waals surface area contributed by atoms with Crippen LogP contribution in [0.25, 0.3) is 0 Å². The molecular formula is C10H16N2S. The normalized spacial score (nSPS) is 19.1. The molecule has 1 aliphatic rings. The molecule has 1 N–H and O–H groups in total. The van der Waals surface area contributed by atoms with Crippen molar-refractivity contribution in [2.45, 2.75) is 25.8 Å². The van der Waals surface area contributed by atoms with Crippen LogP contribution in [-0.4, -0.2) is 18.1 Å². The van der Waals surface area contributed by atoms with Crippen molar-refractivity contribution in [1.82, 2.24) is 10.4 Å². The standard InChI is InChI=1S/C10H16N2S/c1-2-6-12(7-3-1)11-9-10-5-4-8-13-10/h4-5,8,11H,1-3,6-7,9H2. The monoisotopic (exact) mass is 196 g/mol. The average molecular weight is 196 g/mol. The molecular weight excluding hydrogens is 180 g/mol. The van der Waals surface area contributed by atoms with Crippen molar-refractivity contribution in [3.05, 3.63) is 22.4 Å². The lowest BCUT2D eigenvalue weighted by Crippen LogP contribution is -2.40. The maximum atomic E-state index is 3.47. The molecule has 3 heteroatoms. The van der Waals surface area contributed by atoms with Gasteiger partial charge in [-0.05, 0) is 24.3 Å². The van der Waals surface area contributed by atoms with E-state index >= 15 is 0 Å². The van der Waals surface area contributed by atoms with E-state index in [0.717, 1.165) is 6.54 Å². The van der Waals surface area contributed by atoms with E-state index in [9.17, 15) is 0 Å². The summed E-state index contributed by atoms with van der Waals surface area (Å²) >= 11 is 1.82. The van der Waals surface area contributed by atoms with Crippen LogP contribution in [0.5, 0.6) is 0 Å². The summed E-state index contributed by atoms with van der Waals surface area (Å²) in [7, 11) is 0. The second-order valence-corrected chi connectivity index (χ2v) is 4.49. The Labute approximate surface area is 83.5 Å². The van der Waals surface area contributed by atoms with E-state index in [2.05, 4.69) is 27.9 Å². The fraction of sp³-hybridized carbons (Fsp3) is 0.600. The molecule has 0 spiro atoms. The third-order valence-corrected chi connectivity index (χ3v) is 3.29. The molecule has 0 radical (unpaired) electrons. The SMILES string of the molecule is c1csc(CNN2CCCCC2)c1. The predicted octanol–water partition coefficient (Wildman–Crippen LogP) is 2.24. The molecule has 1 saturated heterocycles. The molecule has 2 heterocycles. The largest absolute Gasteiger partial charge is 0.250 e. The van der Waals surface area contributed by atoms with Gasteiger partial charge in [-0.25, -0.2) is 10.4 Å². The highest BCUT2D eigenvalue weighted by Crippen LogP contribution is 2.10. The Hall–Kier alpha value is -0.380. The van der Waals surface area contributed by atoms with Crippen LogP contribution in [0, 0.1) is 0 Å². The van der Waals surface area contributed by atoms with Crippen molar-refractivity contribution in [2.75, 3.05) is 13.1 Å². The van der Waals surface area contributed by atoms with Crippen molar-refractivity contribution in [1.29, 1.82) is 0 Å². The molecule has 2 rings (SSSR count). The van der Waals surface area contributed by atoms with Gasteiger partial charge in [0.25, 0.3) is 0 Å². The number of hydrazine groups is 1. The molecule has 0 unspecified atom stereocenters. The average Bonchev–Trinajstić information content (AvgIpc) is 2.69. The summed E-state index contributed by atoms with van der Waals surface area (Å²) in [5, 5.41) is 4.48. The van der Waals surface area contributed by atoms with Crippen molar-refractivity contribution < 1.29 is 0 Å². The van der Waals surface area contributed by atoms with E-state index in [1.807, 2.05) is 11.3 Å². The molecule has 0 saturated carbocycles. The summed E-state index contributed by atoms with van der Waals surface area (Å²) in [6.45, 7) is 3.43. The van der Waals surface area contributed by atoms with E-state index in [-0.39, 0.29) is 0 Å². The predicted molar refractivity (Wildman–Crippen MR) is 56.6 cm³/mol. The zero-order valence-electron chi connectivity index (χ0n) is 7.83. The third-order valence-electron chi connectivity index (χ3n) is 2.41. The molecule has 1 aliphatic heterocycles. The van der Waals surface area contributed by atoms with E-state index < -0.39 is 0 Å². The van der Waals surface area contributed by atoms with Crippen molar-refractivity contribution in [3.8, 4) is 0 Å².